The summed E-state index contributed by atoms with van der Waals surface area (Å²) in [4.78, 5) is 24.7. The number of esters is 2. The molecule has 1 unspecified atom stereocenters. The highest BCUT2D eigenvalue weighted by atomic mass is 16.6. The van der Waals surface area contributed by atoms with Crippen LogP contribution in [0.25, 0.3) is 0 Å². The topological polar surface area (TPSA) is 93.1 Å². The lowest BCUT2D eigenvalue weighted by Gasteiger charge is -2.27. The van der Waals surface area contributed by atoms with Gasteiger partial charge < -0.3 is 19.7 Å². The maximum absolute atomic E-state index is 12.5. The maximum atomic E-state index is 12.5. The Morgan fingerprint density at radius 1 is 0.366 bits per heavy atom. The molecule has 1 saturated heterocycles. The molecule has 0 amide bonds. The number of rotatable bonds is 56. The van der Waals surface area contributed by atoms with Gasteiger partial charge in [0.05, 0.1) is 31.0 Å². The third-order valence-electron chi connectivity index (χ3n) is 16.0. The molecule has 0 bridgehead atoms. The van der Waals surface area contributed by atoms with Crippen LogP contribution in [0.3, 0.4) is 0 Å². The predicted octanol–water partition coefficient (Wildman–Crippen LogP) is 20.3. The highest BCUT2D eigenvalue weighted by Crippen LogP contribution is 2.25. The largest absolute Gasteiger partial charge is 0.465 e. The Morgan fingerprint density at radius 3 is 0.873 bits per heavy atom. The van der Waals surface area contributed by atoms with E-state index in [-0.39, 0.29) is 19.6 Å². The summed E-state index contributed by atoms with van der Waals surface area (Å²) in [7, 11) is 0. The van der Waals surface area contributed by atoms with Gasteiger partial charge in [-0.05, 0) is 32.1 Å². The van der Waals surface area contributed by atoms with E-state index >= 15 is 0 Å². The fourth-order valence-corrected chi connectivity index (χ4v) is 10.8. The first kappa shape index (κ1) is 67.6. The van der Waals surface area contributed by atoms with E-state index in [2.05, 4.69) is 19.1 Å². The van der Waals surface area contributed by atoms with E-state index in [0.717, 1.165) is 19.3 Å². The molecule has 1 fully saturated rings. The van der Waals surface area contributed by atoms with Crippen LogP contribution >= 0.6 is 0 Å². The van der Waals surface area contributed by atoms with Gasteiger partial charge in [0, 0.05) is 0 Å². The Morgan fingerprint density at radius 2 is 0.606 bits per heavy atom. The lowest BCUT2D eigenvalue weighted by Crippen LogP contribution is -2.40. The SMILES string of the molecule is CCCCCCCC/C=C/CCCCCCCCCCCCCCCCCCCCCCCCCCCCCCCCCCCCCCCCCCCCCCC1CC(=O)OCC(CO)(CO)COC1=O. The minimum absolute atomic E-state index is 0.00517. The first-order valence-corrected chi connectivity index (χ1v) is 32.3. The van der Waals surface area contributed by atoms with Crippen molar-refractivity contribution in [3.8, 4) is 0 Å². The Hall–Kier alpha value is -1.40. The molecule has 1 aliphatic rings. The van der Waals surface area contributed by atoms with E-state index in [0.29, 0.717) is 6.42 Å². The summed E-state index contributed by atoms with van der Waals surface area (Å²) in [6.45, 7) is 1.20. The minimum Gasteiger partial charge on any atom is -0.465 e. The second-order valence-electron chi connectivity index (χ2n) is 23.1. The normalized spacial score (nSPS) is 15.3. The summed E-state index contributed by atoms with van der Waals surface area (Å²) in [6.07, 6.45) is 78.7. The Labute approximate surface area is 443 Å². The van der Waals surface area contributed by atoms with Crippen LogP contribution in [0, 0.1) is 11.3 Å². The van der Waals surface area contributed by atoms with Crippen molar-refractivity contribution < 1.29 is 29.3 Å². The number of hydrogen-bond acceptors (Lipinski definition) is 6. The van der Waals surface area contributed by atoms with Crippen LogP contribution in [0.15, 0.2) is 12.2 Å². The van der Waals surface area contributed by atoms with Gasteiger partial charge in [-0.15, -0.1) is 0 Å². The number of unbranched alkanes of at least 4 members (excludes halogenated alkanes) is 50. The van der Waals surface area contributed by atoms with Crippen LogP contribution in [-0.4, -0.2) is 48.6 Å². The molecule has 1 heterocycles. The van der Waals surface area contributed by atoms with Crippen molar-refractivity contribution in [3.05, 3.63) is 12.2 Å². The predicted molar refractivity (Wildman–Crippen MR) is 306 cm³/mol. The summed E-state index contributed by atoms with van der Waals surface area (Å²) in [5.41, 5.74) is -1.12. The van der Waals surface area contributed by atoms with Gasteiger partial charge in [0.15, 0.2) is 0 Å². The third kappa shape index (κ3) is 46.8. The number of ether oxygens (including phenoxy) is 2. The van der Waals surface area contributed by atoms with Crippen LogP contribution in [0.5, 0.6) is 0 Å². The Balaban J connectivity index is 1.67. The second-order valence-corrected chi connectivity index (χ2v) is 23.1. The molecular weight excluding hydrogens is 877 g/mol. The molecule has 1 rings (SSSR count). The zero-order valence-electron chi connectivity index (χ0n) is 47.8. The summed E-state index contributed by atoms with van der Waals surface area (Å²) in [5.74, 6) is -1.40. The lowest BCUT2D eigenvalue weighted by atomic mass is 9.92. The molecule has 0 radical (unpaired) electrons. The van der Waals surface area contributed by atoms with Crippen LogP contribution in [0.4, 0.5) is 0 Å². The molecule has 0 aromatic rings. The van der Waals surface area contributed by atoms with Gasteiger partial charge in [-0.3, -0.25) is 9.59 Å². The molecule has 0 saturated carbocycles. The maximum Gasteiger partial charge on any atom is 0.309 e. The lowest BCUT2D eigenvalue weighted by molar-refractivity contribution is -0.155. The van der Waals surface area contributed by atoms with E-state index in [1.54, 1.807) is 0 Å². The highest BCUT2D eigenvalue weighted by molar-refractivity contribution is 5.80. The first-order valence-electron chi connectivity index (χ1n) is 32.3. The second kappa shape index (κ2) is 54.8. The van der Waals surface area contributed by atoms with Gasteiger partial charge in [0.2, 0.25) is 0 Å². The number of aliphatic hydroxyl groups is 2. The summed E-state index contributed by atoms with van der Waals surface area (Å²) < 4.78 is 10.6. The highest BCUT2D eigenvalue weighted by Gasteiger charge is 2.36. The number of hydrogen-bond donors (Lipinski definition) is 2. The average Bonchev–Trinajstić information content (AvgIpc) is 3.44. The van der Waals surface area contributed by atoms with Crippen molar-refractivity contribution in [2.24, 2.45) is 11.3 Å². The number of carbonyl (C=O) groups is 2. The summed E-state index contributed by atoms with van der Waals surface area (Å²) in [6, 6.07) is 0. The fourth-order valence-electron chi connectivity index (χ4n) is 10.8. The summed E-state index contributed by atoms with van der Waals surface area (Å²) >= 11 is 0. The fraction of sp³-hybridized carbons (Fsp3) is 0.938. The van der Waals surface area contributed by atoms with Gasteiger partial charge in [-0.25, -0.2) is 0 Å². The number of aliphatic hydroxyl groups excluding tert-OH is 2. The summed E-state index contributed by atoms with van der Waals surface area (Å²) in [5, 5.41) is 19.2. The molecule has 0 aromatic heterocycles. The van der Waals surface area contributed by atoms with Gasteiger partial charge in [-0.2, -0.15) is 0 Å². The van der Waals surface area contributed by atoms with E-state index < -0.39 is 36.5 Å². The molecule has 6 nitrogen and oxygen atoms in total. The van der Waals surface area contributed by atoms with Crippen molar-refractivity contribution in [3.63, 3.8) is 0 Å². The molecule has 2 N–H and O–H groups in total. The van der Waals surface area contributed by atoms with Gasteiger partial charge in [-0.1, -0.05) is 327 Å². The van der Waals surface area contributed by atoms with Gasteiger partial charge in [0.1, 0.15) is 13.2 Å². The van der Waals surface area contributed by atoms with E-state index in [9.17, 15) is 19.8 Å². The molecule has 71 heavy (non-hydrogen) atoms. The Kier molecular flexibility index (Phi) is 52.2. The van der Waals surface area contributed by atoms with Crippen molar-refractivity contribution in [1.29, 1.82) is 0 Å². The third-order valence-corrected chi connectivity index (χ3v) is 16.0. The molecule has 0 aliphatic carbocycles. The molecule has 420 valence electrons. The van der Waals surface area contributed by atoms with Crippen molar-refractivity contribution in [2.75, 3.05) is 26.4 Å². The number of allylic oxidation sites excluding steroid dienone is 2. The Bertz CT molecular complexity index is 1120. The average molecular weight is 1000 g/mol. The van der Waals surface area contributed by atoms with Gasteiger partial charge >= 0.3 is 11.9 Å². The molecule has 1 aliphatic heterocycles. The monoisotopic (exact) mass is 1000 g/mol. The molecule has 6 heteroatoms. The van der Waals surface area contributed by atoms with Crippen LogP contribution in [-0.2, 0) is 19.1 Å². The van der Waals surface area contributed by atoms with Crippen molar-refractivity contribution >= 4 is 11.9 Å². The molecule has 1 atom stereocenters. The molecule has 0 aromatic carbocycles. The van der Waals surface area contributed by atoms with Crippen LogP contribution in [0.1, 0.15) is 354 Å². The standard InChI is InChI=1S/C65H124O6/c1-2-3-4-5-6-7-8-9-10-11-12-13-14-15-16-17-18-19-20-21-22-23-24-25-26-27-28-29-30-31-32-33-34-35-36-37-38-39-40-41-42-43-44-45-46-47-48-49-50-51-52-53-54-55-56-62-57-63(68)70-60-65(58-66,59-67)61-71-64(62)69/h9-10,62,66-67H,2-8,11-61H2,1H3/b10-9+. The van der Waals surface area contributed by atoms with Crippen LogP contribution < -0.4 is 0 Å². The minimum atomic E-state index is -1.12. The van der Waals surface area contributed by atoms with E-state index in [4.69, 9.17) is 9.47 Å². The van der Waals surface area contributed by atoms with E-state index in [1.165, 1.54) is 315 Å². The zero-order valence-corrected chi connectivity index (χ0v) is 47.8. The van der Waals surface area contributed by atoms with Gasteiger partial charge in [0.25, 0.3) is 0 Å². The molecule has 0 spiro atoms. The van der Waals surface area contributed by atoms with E-state index in [1.807, 2.05) is 0 Å². The number of carbonyl (C=O) groups excluding carboxylic acids is 2. The van der Waals surface area contributed by atoms with Crippen LogP contribution in [0.2, 0.25) is 0 Å². The smallest absolute Gasteiger partial charge is 0.309 e. The first-order chi connectivity index (χ1) is 35.1. The zero-order chi connectivity index (χ0) is 51.1. The van der Waals surface area contributed by atoms with Crippen molar-refractivity contribution in [1.82, 2.24) is 0 Å². The molecular formula is C65H124O6. The quantitative estimate of drug-likeness (QED) is 0.0358. The number of cyclic esters (lactones) is 2. The van der Waals surface area contributed by atoms with Crippen molar-refractivity contribution in [2.45, 2.75) is 354 Å².